The van der Waals surface area contributed by atoms with Crippen molar-refractivity contribution in [3.05, 3.63) is 101 Å². The maximum absolute atomic E-state index is 14.2. The van der Waals surface area contributed by atoms with Crippen LogP contribution in [0.3, 0.4) is 0 Å². The molecule has 1 amide bonds. The van der Waals surface area contributed by atoms with Crippen LogP contribution in [0.2, 0.25) is 0 Å². The van der Waals surface area contributed by atoms with Gasteiger partial charge in [-0.3, -0.25) is 0 Å². The number of carbonyl (C=O) groups excluding carboxylic acids is 1. The van der Waals surface area contributed by atoms with Gasteiger partial charge in [0.15, 0.2) is 0 Å². The number of alkyl halides is 3. The summed E-state index contributed by atoms with van der Waals surface area (Å²) >= 11 is 0. The molecular formula is C33H37F3N2O5S. The minimum atomic E-state index is -4.86. The van der Waals surface area contributed by atoms with E-state index < -0.39 is 40.6 Å². The molecule has 1 fully saturated rings. The van der Waals surface area contributed by atoms with Crippen molar-refractivity contribution >= 4 is 16.3 Å². The van der Waals surface area contributed by atoms with E-state index in [1.807, 2.05) is 24.3 Å². The second-order valence-corrected chi connectivity index (χ2v) is 14.2. The summed E-state index contributed by atoms with van der Waals surface area (Å²) in [5, 5.41) is 0. The van der Waals surface area contributed by atoms with Crippen LogP contribution in [-0.4, -0.2) is 48.2 Å². The Balaban J connectivity index is 1.45. The van der Waals surface area contributed by atoms with Crippen LogP contribution in [-0.2, 0) is 34.3 Å². The van der Waals surface area contributed by atoms with Gasteiger partial charge in [-0.2, -0.15) is 17.0 Å². The van der Waals surface area contributed by atoms with E-state index in [2.05, 4.69) is 29.0 Å². The van der Waals surface area contributed by atoms with Gasteiger partial charge < -0.3 is 9.47 Å². The van der Waals surface area contributed by atoms with Gasteiger partial charge in [0.05, 0.1) is 6.54 Å². The normalized spacial score (nSPS) is 18.1. The molecule has 1 unspecified atom stereocenters. The largest absolute Gasteiger partial charge is 0.573 e. The number of ether oxygens (including phenoxy) is 2. The summed E-state index contributed by atoms with van der Waals surface area (Å²) in [5.74, 6) is -0.506. The number of hydrogen-bond acceptors (Lipinski definition) is 5. The van der Waals surface area contributed by atoms with Gasteiger partial charge in [0.25, 0.3) is 0 Å². The summed E-state index contributed by atoms with van der Waals surface area (Å²) in [5.41, 5.74) is 4.23. The number of aryl methyl sites for hydroxylation is 2. The smallest absolute Gasteiger partial charge is 0.443 e. The van der Waals surface area contributed by atoms with Crippen LogP contribution >= 0.6 is 0 Å². The Morgan fingerprint density at radius 1 is 0.909 bits per heavy atom. The standard InChI is InChI=1S/C33H37F3N2O5S/c1-32(2,3)43-31(39)38(21-23-14-18-27(19-15-23)42-33(34,35)36)44(40,41)37-20-8-11-26(22-37)30-28-12-6-4-9-24(28)16-17-25-10-5-7-13-29(25)30/h4-7,9-10,12-15,18-19,26,30H,8,11,16-17,20-22H2,1-3H3. The molecule has 0 spiro atoms. The fraction of sp³-hybridized carbons (Fsp3) is 0.424. The Hall–Kier alpha value is -3.57. The third-order valence-corrected chi connectivity index (χ3v) is 9.84. The van der Waals surface area contributed by atoms with Crippen LogP contribution in [0, 0.1) is 5.92 Å². The number of amides is 1. The average molecular weight is 631 g/mol. The lowest BCUT2D eigenvalue weighted by molar-refractivity contribution is -0.274. The number of halogens is 3. The van der Waals surface area contributed by atoms with Gasteiger partial charge in [0.2, 0.25) is 0 Å². The van der Waals surface area contributed by atoms with Gasteiger partial charge in [-0.15, -0.1) is 13.2 Å². The van der Waals surface area contributed by atoms with E-state index in [0.717, 1.165) is 31.4 Å². The SMILES string of the molecule is CC(C)(C)OC(=O)N(Cc1ccc(OC(F)(F)F)cc1)S(=O)(=O)N1CCCC(C2c3ccccc3CCc3ccccc32)C1. The van der Waals surface area contributed by atoms with Crippen molar-refractivity contribution in [1.29, 1.82) is 0 Å². The molecule has 5 rings (SSSR count). The molecule has 0 radical (unpaired) electrons. The van der Waals surface area contributed by atoms with Crippen LogP contribution in [0.25, 0.3) is 0 Å². The zero-order valence-electron chi connectivity index (χ0n) is 25.0. The molecule has 0 saturated carbocycles. The van der Waals surface area contributed by atoms with E-state index in [9.17, 15) is 26.4 Å². The third-order valence-electron chi connectivity index (χ3n) is 8.02. The van der Waals surface area contributed by atoms with E-state index in [1.165, 1.54) is 38.7 Å². The highest BCUT2D eigenvalue weighted by atomic mass is 32.2. The number of nitrogens with zero attached hydrogens (tertiary/aromatic N) is 2. The maximum Gasteiger partial charge on any atom is 0.573 e. The molecule has 2 aliphatic rings. The first-order valence-corrected chi connectivity index (χ1v) is 16.1. The summed E-state index contributed by atoms with van der Waals surface area (Å²) in [6, 6.07) is 21.4. The monoisotopic (exact) mass is 630 g/mol. The highest BCUT2D eigenvalue weighted by Gasteiger charge is 2.41. The first-order chi connectivity index (χ1) is 20.7. The van der Waals surface area contributed by atoms with Crippen molar-refractivity contribution in [2.24, 2.45) is 5.92 Å². The Labute approximate surface area is 256 Å². The number of benzene rings is 3. The molecule has 1 saturated heterocycles. The molecule has 44 heavy (non-hydrogen) atoms. The molecule has 1 atom stereocenters. The highest BCUT2D eigenvalue weighted by Crippen LogP contribution is 2.43. The van der Waals surface area contributed by atoms with E-state index in [1.54, 1.807) is 20.8 Å². The lowest BCUT2D eigenvalue weighted by Gasteiger charge is -2.39. The van der Waals surface area contributed by atoms with Gasteiger partial charge in [-0.05, 0) is 92.3 Å². The van der Waals surface area contributed by atoms with Crippen LogP contribution in [0.4, 0.5) is 18.0 Å². The zero-order chi connectivity index (χ0) is 31.7. The van der Waals surface area contributed by atoms with Gasteiger partial charge >= 0.3 is 22.7 Å². The Bertz CT molecular complexity index is 1540. The van der Waals surface area contributed by atoms with Crippen LogP contribution < -0.4 is 4.74 Å². The van der Waals surface area contributed by atoms with E-state index >= 15 is 0 Å². The van der Waals surface area contributed by atoms with Crippen molar-refractivity contribution in [3.8, 4) is 5.75 Å². The fourth-order valence-corrected chi connectivity index (χ4v) is 7.74. The van der Waals surface area contributed by atoms with Crippen LogP contribution in [0.1, 0.15) is 67.3 Å². The second-order valence-electron chi connectivity index (χ2n) is 12.3. The predicted molar refractivity (Wildman–Crippen MR) is 160 cm³/mol. The number of piperidine rings is 1. The molecular weight excluding hydrogens is 593 g/mol. The van der Waals surface area contributed by atoms with Gasteiger partial charge in [-0.25, -0.2) is 4.79 Å². The van der Waals surface area contributed by atoms with Crippen molar-refractivity contribution in [2.45, 2.75) is 70.9 Å². The molecule has 1 heterocycles. The molecule has 0 bridgehead atoms. The Kier molecular flexibility index (Phi) is 9.00. The summed E-state index contributed by atoms with van der Waals surface area (Å²) in [4.78, 5) is 13.4. The number of rotatable bonds is 6. The minimum Gasteiger partial charge on any atom is -0.443 e. The molecule has 1 aliphatic heterocycles. The van der Waals surface area contributed by atoms with Crippen molar-refractivity contribution in [1.82, 2.24) is 8.61 Å². The van der Waals surface area contributed by atoms with Crippen LogP contribution in [0.5, 0.6) is 5.75 Å². The number of carbonyl (C=O) groups is 1. The molecule has 236 valence electrons. The second kappa shape index (κ2) is 12.4. The summed E-state index contributed by atoms with van der Waals surface area (Å²) in [6.07, 6.45) is -2.70. The first kappa shape index (κ1) is 31.8. The molecule has 3 aromatic rings. The summed E-state index contributed by atoms with van der Waals surface area (Å²) in [7, 11) is -4.39. The van der Waals surface area contributed by atoms with Gasteiger partial charge in [0, 0.05) is 19.0 Å². The average Bonchev–Trinajstić information content (AvgIpc) is 3.12. The third kappa shape index (κ3) is 7.38. The lowest BCUT2D eigenvalue weighted by Crippen LogP contribution is -2.51. The number of fused-ring (bicyclic) bond motifs is 2. The van der Waals surface area contributed by atoms with Gasteiger partial charge in [0.1, 0.15) is 11.4 Å². The molecule has 7 nitrogen and oxygen atoms in total. The maximum atomic E-state index is 14.2. The Morgan fingerprint density at radius 2 is 1.48 bits per heavy atom. The quantitative estimate of drug-likeness (QED) is 0.288. The molecule has 11 heteroatoms. The van der Waals surface area contributed by atoms with Crippen molar-refractivity contribution in [2.75, 3.05) is 13.1 Å². The molecule has 0 N–H and O–H groups in total. The lowest BCUT2D eigenvalue weighted by atomic mass is 9.76. The van der Waals surface area contributed by atoms with Gasteiger partial charge in [-0.1, -0.05) is 60.7 Å². The van der Waals surface area contributed by atoms with Crippen LogP contribution in [0.15, 0.2) is 72.8 Å². The number of hydrogen-bond donors (Lipinski definition) is 0. The minimum absolute atomic E-state index is 0.0148. The highest BCUT2D eigenvalue weighted by molar-refractivity contribution is 7.87. The topological polar surface area (TPSA) is 76.1 Å². The predicted octanol–water partition coefficient (Wildman–Crippen LogP) is 7.21. The summed E-state index contributed by atoms with van der Waals surface area (Å²) < 4.78 is 77.9. The summed E-state index contributed by atoms with van der Waals surface area (Å²) in [6.45, 7) is 4.92. The van der Waals surface area contributed by atoms with E-state index in [0.29, 0.717) is 16.3 Å². The fourth-order valence-electron chi connectivity index (χ4n) is 6.19. The van der Waals surface area contributed by atoms with E-state index in [-0.39, 0.29) is 24.9 Å². The van der Waals surface area contributed by atoms with Crippen molar-refractivity contribution < 1.29 is 35.9 Å². The zero-order valence-corrected chi connectivity index (χ0v) is 25.8. The molecule has 1 aliphatic carbocycles. The Morgan fingerprint density at radius 3 is 2.02 bits per heavy atom. The molecule has 0 aromatic heterocycles. The van der Waals surface area contributed by atoms with Crippen molar-refractivity contribution in [3.63, 3.8) is 0 Å². The first-order valence-electron chi connectivity index (χ1n) is 14.7. The van der Waals surface area contributed by atoms with E-state index in [4.69, 9.17) is 4.74 Å². The molecule has 3 aromatic carbocycles.